The predicted octanol–water partition coefficient (Wildman–Crippen LogP) is 0.866. The Morgan fingerprint density at radius 3 is 2.54 bits per heavy atom. The summed E-state index contributed by atoms with van der Waals surface area (Å²) in [5.41, 5.74) is 2.00. The number of hydrogen-bond donors (Lipinski definition) is 2. The van der Waals surface area contributed by atoms with Crippen molar-refractivity contribution >= 4 is 17.8 Å². The summed E-state index contributed by atoms with van der Waals surface area (Å²) >= 11 is 0. The normalized spacial score (nSPS) is 11.3. The van der Waals surface area contributed by atoms with Crippen molar-refractivity contribution in [2.45, 2.75) is 33.7 Å². The van der Waals surface area contributed by atoms with Gasteiger partial charge in [0.25, 0.3) is 5.91 Å². The smallest absolute Gasteiger partial charge is 0.344 e. The first kappa shape index (κ1) is 19.5. The van der Waals surface area contributed by atoms with Crippen LogP contribution >= 0.6 is 0 Å². The summed E-state index contributed by atoms with van der Waals surface area (Å²) in [6, 6.07) is 4.85. The lowest BCUT2D eigenvalue weighted by atomic mass is 10.1. The average Bonchev–Trinajstić information content (AvgIpc) is 2.54. The molecule has 0 bridgehead atoms. The highest BCUT2D eigenvalue weighted by molar-refractivity contribution is 5.88. The fourth-order valence-corrected chi connectivity index (χ4v) is 1.88. The van der Waals surface area contributed by atoms with Gasteiger partial charge >= 0.3 is 5.97 Å². The molecule has 1 rings (SSSR count). The highest BCUT2D eigenvalue weighted by Crippen LogP contribution is 2.20. The number of nitrogens with one attached hydrogen (secondary N) is 2. The Hall–Kier alpha value is -2.57. The van der Waals surface area contributed by atoms with Gasteiger partial charge in [-0.2, -0.15) is 0 Å². The molecule has 7 heteroatoms. The highest BCUT2D eigenvalue weighted by Gasteiger charge is 2.16. The minimum absolute atomic E-state index is 0.288. The molecule has 0 unspecified atom stereocenters. The van der Waals surface area contributed by atoms with Crippen molar-refractivity contribution in [2.75, 3.05) is 19.8 Å². The molecule has 132 valence electrons. The van der Waals surface area contributed by atoms with E-state index in [1.165, 1.54) is 0 Å². The van der Waals surface area contributed by atoms with E-state index in [-0.39, 0.29) is 12.5 Å². The largest absolute Gasteiger partial charge is 0.482 e. The van der Waals surface area contributed by atoms with Crippen LogP contribution in [0.25, 0.3) is 0 Å². The van der Waals surface area contributed by atoms with Crippen LogP contribution in [-0.4, -0.2) is 43.6 Å². The fourth-order valence-electron chi connectivity index (χ4n) is 1.88. The number of hydrogen-bond acceptors (Lipinski definition) is 5. The maximum Gasteiger partial charge on any atom is 0.344 e. The number of carbonyl (C=O) groups excluding carboxylic acids is 3. The third kappa shape index (κ3) is 6.28. The number of amides is 2. The zero-order valence-electron chi connectivity index (χ0n) is 14.5. The van der Waals surface area contributed by atoms with Crippen LogP contribution in [0.1, 0.15) is 25.0 Å². The van der Waals surface area contributed by atoms with E-state index in [1.54, 1.807) is 19.9 Å². The monoisotopic (exact) mass is 336 g/mol. The van der Waals surface area contributed by atoms with Crippen molar-refractivity contribution in [1.82, 2.24) is 10.6 Å². The van der Waals surface area contributed by atoms with Crippen molar-refractivity contribution in [1.29, 1.82) is 0 Å². The predicted molar refractivity (Wildman–Crippen MR) is 88.7 cm³/mol. The van der Waals surface area contributed by atoms with Crippen LogP contribution in [0.2, 0.25) is 0 Å². The molecule has 0 heterocycles. The maximum atomic E-state index is 11.6. The Kier molecular flexibility index (Phi) is 7.74. The lowest BCUT2D eigenvalue weighted by Crippen LogP contribution is -2.46. The number of carbonyl (C=O) groups is 3. The van der Waals surface area contributed by atoms with Crippen LogP contribution < -0.4 is 15.4 Å². The van der Waals surface area contributed by atoms with Gasteiger partial charge in [0, 0.05) is 6.54 Å². The van der Waals surface area contributed by atoms with E-state index in [2.05, 4.69) is 10.6 Å². The minimum atomic E-state index is -0.692. The number of ether oxygens (including phenoxy) is 2. The number of rotatable bonds is 8. The van der Waals surface area contributed by atoms with Crippen molar-refractivity contribution in [3.63, 3.8) is 0 Å². The Labute approximate surface area is 141 Å². The summed E-state index contributed by atoms with van der Waals surface area (Å²) in [4.78, 5) is 34.7. The Balaban J connectivity index is 2.34. The summed E-state index contributed by atoms with van der Waals surface area (Å²) in [7, 11) is 0. The van der Waals surface area contributed by atoms with Gasteiger partial charge in [-0.25, -0.2) is 4.79 Å². The molecule has 7 nitrogen and oxygen atoms in total. The van der Waals surface area contributed by atoms with E-state index in [9.17, 15) is 14.4 Å². The van der Waals surface area contributed by atoms with E-state index in [0.717, 1.165) is 11.1 Å². The van der Waals surface area contributed by atoms with Crippen LogP contribution in [0, 0.1) is 13.8 Å². The van der Waals surface area contributed by atoms with Gasteiger partial charge in [-0.05, 0) is 44.9 Å². The molecule has 24 heavy (non-hydrogen) atoms. The first-order valence-corrected chi connectivity index (χ1v) is 7.76. The van der Waals surface area contributed by atoms with Crippen molar-refractivity contribution < 1.29 is 23.9 Å². The van der Waals surface area contributed by atoms with Crippen LogP contribution in [0.4, 0.5) is 0 Å². The molecule has 0 aliphatic carbocycles. The fraction of sp³-hybridized carbons (Fsp3) is 0.471. The number of aryl methyl sites for hydroxylation is 1. The SMILES string of the molecule is CCNC(=O)[C@H](C)NC(=O)COC(=O)COc1cccc(C)c1C. The van der Waals surface area contributed by atoms with Crippen molar-refractivity contribution in [3.05, 3.63) is 29.3 Å². The molecule has 2 N–H and O–H groups in total. The molecule has 0 aliphatic heterocycles. The molecular formula is C17H24N2O5. The number of esters is 1. The third-order valence-electron chi connectivity index (χ3n) is 3.39. The second kappa shape index (κ2) is 9.54. The lowest BCUT2D eigenvalue weighted by Gasteiger charge is -2.13. The molecule has 0 saturated heterocycles. The van der Waals surface area contributed by atoms with Crippen LogP contribution in [0.15, 0.2) is 18.2 Å². The summed E-state index contributed by atoms with van der Waals surface area (Å²) in [6.07, 6.45) is 0. The molecule has 2 amide bonds. The van der Waals surface area contributed by atoms with Crippen molar-refractivity contribution in [2.24, 2.45) is 0 Å². The van der Waals surface area contributed by atoms with E-state index < -0.39 is 24.5 Å². The second-order valence-corrected chi connectivity index (χ2v) is 5.33. The highest BCUT2D eigenvalue weighted by atomic mass is 16.6. The molecule has 1 aromatic carbocycles. The summed E-state index contributed by atoms with van der Waals surface area (Å²) in [5, 5.41) is 5.02. The van der Waals surface area contributed by atoms with Crippen LogP contribution in [0.5, 0.6) is 5.75 Å². The zero-order valence-corrected chi connectivity index (χ0v) is 14.5. The van der Waals surface area contributed by atoms with Gasteiger partial charge in [-0.1, -0.05) is 12.1 Å². The zero-order chi connectivity index (χ0) is 18.1. The Bertz CT molecular complexity index is 601. The van der Waals surface area contributed by atoms with Gasteiger partial charge in [-0.3, -0.25) is 9.59 Å². The van der Waals surface area contributed by atoms with Gasteiger partial charge in [0.2, 0.25) is 5.91 Å². The summed E-state index contributed by atoms with van der Waals surface area (Å²) in [5.74, 6) is -0.901. The molecule has 0 aromatic heterocycles. The standard InChI is InChI=1S/C17H24N2O5/c1-5-18-17(22)13(4)19-15(20)9-24-16(21)10-23-14-8-6-7-11(2)12(14)3/h6-8,13H,5,9-10H2,1-4H3,(H,18,22)(H,19,20)/t13-/m0/s1. The second-order valence-electron chi connectivity index (χ2n) is 5.33. The Morgan fingerprint density at radius 2 is 1.88 bits per heavy atom. The van der Waals surface area contributed by atoms with Crippen LogP contribution in [-0.2, 0) is 19.1 Å². The van der Waals surface area contributed by atoms with Gasteiger partial charge < -0.3 is 20.1 Å². The number of benzene rings is 1. The van der Waals surface area contributed by atoms with E-state index in [4.69, 9.17) is 9.47 Å². The van der Waals surface area contributed by atoms with Gasteiger partial charge in [-0.15, -0.1) is 0 Å². The molecule has 0 fully saturated rings. The molecule has 0 saturated carbocycles. The molecule has 0 radical (unpaired) electrons. The third-order valence-corrected chi connectivity index (χ3v) is 3.39. The van der Waals surface area contributed by atoms with Gasteiger partial charge in [0.15, 0.2) is 13.2 Å². The topological polar surface area (TPSA) is 93.7 Å². The molecule has 0 spiro atoms. The first-order valence-electron chi connectivity index (χ1n) is 7.76. The number of likely N-dealkylation sites (N-methyl/N-ethyl adjacent to an activating group) is 1. The van der Waals surface area contributed by atoms with E-state index >= 15 is 0 Å². The molecule has 1 atom stereocenters. The average molecular weight is 336 g/mol. The molecule has 1 aromatic rings. The van der Waals surface area contributed by atoms with Crippen LogP contribution in [0.3, 0.4) is 0 Å². The summed E-state index contributed by atoms with van der Waals surface area (Å²) in [6.45, 7) is 6.90. The Morgan fingerprint density at radius 1 is 1.17 bits per heavy atom. The first-order chi connectivity index (χ1) is 11.3. The van der Waals surface area contributed by atoms with E-state index in [1.807, 2.05) is 26.0 Å². The molecular weight excluding hydrogens is 312 g/mol. The maximum absolute atomic E-state index is 11.6. The molecule has 0 aliphatic rings. The lowest BCUT2D eigenvalue weighted by molar-refractivity contribution is -0.150. The summed E-state index contributed by atoms with van der Waals surface area (Å²) < 4.78 is 10.2. The quantitative estimate of drug-likeness (QED) is 0.687. The van der Waals surface area contributed by atoms with Gasteiger partial charge in [0.1, 0.15) is 11.8 Å². The van der Waals surface area contributed by atoms with Gasteiger partial charge in [0.05, 0.1) is 0 Å². The minimum Gasteiger partial charge on any atom is -0.482 e. The van der Waals surface area contributed by atoms with E-state index in [0.29, 0.717) is 12.3 Å². The van der Waals surface area contributed by atoms with Crippen molar-refractivity contribution in [3.8, 4) is 5.75 Å².